The zero-order valence-electron chi connectivity index (χ0n) is 19.6. The highest BCUT2D eigenvalue weighted by Crippen LogP contribution is 2.33. The number of anilines is 1. The molecule has 1 amide bonds. The molecule has 1 aliphatic carbocycles. The van der Waals surface area contributed by atoms with Crippen LogP contribution in [0.25, 0.3) is 10.9 Å². The third-order valence-corrected chi connectivity index (χ3v) is 6.84. The number of aryl methyl sites for hydroxylation is 1. The number of nitrogens with one attached hydrogen (secondary N) is 1. The number of ether oxygens (including phenoxy) is 1. The molecule has 1 fully saturated rings. The van der Waals surface area contributed by atoms with Gasteiger partial charge in [0.1, 0.15) is 5.75 Å². The van der Waals surface area contributed by atoms with E-state index in [0.717, 1.165) is 47.1 Å². The van der Waals surface area contributed by atoms with Crippen LogP contribution in [0, 0.1) is 12.8 Å². The molecule has 0 radical (unpaired) electrons. The van der Waals surface area contributed by atoms with Crippen molar-refractivity contribution in [2.45, 2.75) is 58.9 Å². The predicted octanol–water partition coefficient (Wildman–Crippen LogP) is 5.79. The molecule has 0 aliphatic heterocycles. The highest BCUT2D eigenvalue weighted by Gasteiger charge is 2.20. The van der Waals surface area contributed by atoms with Crippen LogP contribution >= 0.6 is 0 Å². The van der Waals surface area contributed by atoms with Gasteiger partial charge in [-0.25, -0.2) is 4.79 Å². The summed E-state index contributed by atoms with van der Waals surface area (Å²) in [6.45, 7) is 4.71. The van der Waals surface area contributed by atoms with Crippen LogP contribution in [0.5, 0.6) is 5.75 Å². The van der Waals surface area contributed by atoms with Gasteiger partial charge in [0, 0.05) is 47.7 Å². The standard InChI is InChI=1S/C27H32N2O4/c1-4-29-16-20(14-19-9-11-22(27(31)32)17(2)26(19)33-3)23-15-21(10-12-24(23)29)28-25(30)13-18-7-5-6-8-18/h9-12,15-16,18H,4-8,13-14H2,1-3H3,(H,28,30)(H,31,32). The average Bonchev–Trinajstić information content (AvgIpc) is 3.41. The molecule has 1 saturated carbocycles. The minimum atomic E-state index is -0.960. The Kier molecular flexibility index (Phi) is 6.72. The number of amides is 1. The van der Waals surface area contributed by atoms with Gasteiger partial charge in [0.25, 0.3) is 0 Å². The molecule has 0 saturated heterocycles. The summed E-state index contributed by atoms with van der Waals surface area (Å²) in [4.78, 5) is 24.1. The number of benzene rings is 2. The van der Waals surface area contributed by atoms with Gasteiger partial charge in [0.05, 0.1) is 12.7 Å². The lowest BCUT2D eigenvalue weighted by atomic mass is 9.97. The van der Waals surface area contributed by atoms with Gasteiger partial charge < -0.3 is 19.7 Å². The molecule has 1 aliphatic rings. The topological polar surface area (TPSA) is 80.6 Å². The van der Waals surface area contributed by atoms with Crippen molar-refractivity contribution in [3.05, 3.63) is 58.8 Å². The van der Waals surface area contributed by atoms with Gasteiger partial charge in [-0.3, -0.25) is 4.79 Å². The maximum absolute atomic E-state index is 12.6. The van der Waals surface area contributed by atoms with Gasteiger partial charge in [-0.2, -0.15) is 0 Å². The Balaban J connectivity index is 1.65. The van der Waals surface area contributed by atoms with Gasteiger partial charge in [-0.15, -0.1) is 0 Å². The molecule has 0 bridgehead atoms. The van der Waals surface area contributed by atoms with Crippen LogP contribution in [-0.2, 0) is 17.8 Å². The Bertz CT molecular complexity index is 1190. The summed E-state index contributed by atoms with van der Waals surface area (Å²) < 4.78 is 7.79. The number of carboxylic acid groups (broad SMARTS) is 1. The summed E-state index contributed by atoms with van der Waals surface area (Å²) in [5, 5.41) is 13.6. The van der Waals surface area contributed by atoms with E-state index < -0.39 is 5.97 Å². The second kappa shape index (κ2) is 9.69. The summed E-state index contributed by atoms with van der Waals surface area (Å²) in [5.41, 5.74) is 4.84. The fourth-order valence-electron chi connectivity index (χ4n) is 5.15. The fraction of sp³-hybridized carbons (Fsp3) is 0.407. The van der Waals surface area contributed by atoms with Gasteiger partial charge in [-0.05, 0) is 68.0 Å². The van der Waals surface area contributed by atoms with Crippen LogP contribution < -0.4 is 10.1 Å². The minimum absolute atomic E-state index is 0.0827. The molecule has 4 rings (SSSR count). The third kappa shape index (κ3) is 4.75. The number of rotatable bonds is 8. The number of aromatic carboxylic acids is 1. The lowest BCUT2D eigenvalue weighted by molar-refractivity contribution is -0.117. The van der Waals surface area contributed by atoms with E-state index in [2.05, 4.69) is 29.1 Å². The van der Waals surface area contributed by atoms with Crippen LogP contribution in [0.4, 0.5) is 5.69 Å². The van der Waals surface area contributed by atoms with Crippen molar-refractivity contribution >= 4 is 28.5 Å². The van der Waals surface area contributed by atoms with Crippen molar-refractivity contribution in [1.82, 2.24) is 4.57 Å². The lowest BCUT2D eigenvalue weighted by Gasteiger charge is -2.13. The van der Waals surface area contributed by atoms with E-state index in [9.17, 15) is 14.7 Å². The van der Waals surface area contributed by atoms with Gasteiger partial charge in [-0.1, -0.05) is 18.9 Å². The summed E-state index contributed by atoms with van der Waals surface area (Å²) >= 11 is 0. The fourth-order valence-corrected chi connectivity index (χ4v) is 5.15. The molecule has 6 nitrogen and oxygen atoms in total. The maximum Gasteiger partial charge on any atom is 0.336 e. The summed E-state index contributed by atoms with van der Waals surface area (Å²) in [5.74, 6) is 0.237. The quantitative estimate of drug-likeness (QED) is 0.457. The first kappa shape index (κ1) is 22.9. The maximum atomic E-state index is 12.6. The Morgan fingerprint density at radius 2 is 1.91 bits per heavy atom. The first-order valence-electron chi connectivity index (χ1n) is 11.7. The summed E-state index contributed by atoms with van der Waals surface area (Å²) in [6.07, 6.45) is 8.09. The molecule has 0 unspecified atom stereocenters. The number of nitrogens with zero attached hydrogens (tertiary/aromatic N) is 1. The van der Waals surface area contributed by atoms with E-state index in [0.29, 0.717) is 30.1 Å². The molecule has 0 spiro atoms. The molecule has 1 aromatic heterocycles. The van der Waals surface area contributed by atoms with Crippen molar-refractivity contribution in [3.63, 3.8) is 0 Å². The van der Waals surface area contributed by atoms with Crippen molar-refractivity contribution in [2.24, 2.45) is 5.92 Å². The summed E-state index contributed by atoms with van der Waals surface area (Å²) in [7, 11) is 1.57. The van der Waals surface area contributed by atoms with Crippen LogP contribution in [0.15, 0.2) is 36.5 Å². The molecule has 3 aromatic rings. The normalized spacial score (nSPS) is 14.0. The highest BCUT2D eigenvalue weighted by molar-refractivity contribution is 5.95. The highest BCUT2D eigenvalue weighted by atomic mass is 16.5. The lowest BCUT2D eigenvalue weighted by Crippen LogP contribution is -2.15. The smallest absolute Gasteiger partial charge is 0.336 e. The van der Waals surface area contributed by atoms with Gasteiger partial charge in [0.15, 0.2) is 0 Å². The molecule has 1 heterocycles. The molecule has 33 heavy (non-hydrogen) atoms. The van der Waals surface area contributed by atoms with Crippen molar-refractivity contribution in [2.75, 3.05) is 12.4 Å². The second-order valence-electron chi connectivity index (χ2n) is 8.99. The molecule has 2 aromatic carbocycles. The van der Waals surface area contributed by atoms with Crippen molar-refractivity contribution < 1.29 is 19.4 Å². The monoisotopic (exact) mass is 448 g/mol. The number of hydrogen-bond acceptors (Lipinski definition) is 3. The van der Waals surface area contributed by atoms with Gasteiger partial charge in [0.2, 0.25) is 5.91 Å². The predicted molar refractivity (Wildman–Crippen MR) is 130 cm³/mol. The van der Waals surface area contributed by atoms with Crippen LogP contribution in [0.2, 0.25) is 0 Å². The SMILES string of the molecule is CCn1cc(Cc2ccc(C(=O)O)c(C)c2OC)c2cc(NC(=O)CC3CCCC3)ccc21. The number of carboxylic acids is 1. The van der Waals surface area contributed by atoms with Crippen molar-refractivity contribution in [1.29, 1.82) is 0 Å². The Morgan fingerprint density at radius 3 is 2.58 bits per heavy atom. The Morgan fingerprint density at radius 1 is 1.15 bits per heavy atom. The minimum Gasteiger partial charge on any atom is -0.496 e. The number of aromatic nitrogens is 1. The number of fused-ring (bicyclic) bond motifs is 1. The molecular formula is C27H32N2O4. The van der Waals surface area contributed by atoms with E-state index in [1.54, 1.807) is 20.1 Å². The largest absolute Gasteiger partial charge is 0.496 e. The molecule has 0 atom stereocenters. The Labute approximate surface area is 194 Å². The molecule has 6 heteroatoms. The number of hydrogen-bond donors (Lipinski definition) is 2. The number of carbonyl (C=O) groups is 2. The first-order chi connectivity index (χ1) is 15.9. The molecular weight excluding hydrogens is 416 g/mol. The van der Waals surface area contributed by atoms with Crippen molar-refractivity contribution in [3.8, 4) is 5.75 Å². The van der Waals surface area contributed by atoms with Crippen LogP contribution in [0.1, 0.15) is 66.1 Å². The van der Waals surface area contributed by atoms with Crippen LogP contribution in [-0.4, -0.2) is 28.7 Å². The number of methoxy groups -OCH3 is 1. The van der Waals surface area contributed by atoms with E-state index in [4.69, 9.17) is 4.74 Å². The zero-order chi connectivity index (χ0) is 23.5. The molecule has 2 N–H and O–H groups in total. The van der Waals surface area contributed by atoms with E-state index >= 15 is 0 Å². The Hall–Kier alpha value is -3.28. The van der Waals surface area contributed by atoms with Crippen LogP contribution in [0.3, 0.4) is 0 Å². The van der Waals surface area contributed by atoms with E-state index in [1.807, 2.05) is 18.2 Å². The van der Waals surface area contributed by atoms with Gasteiger partial charge >= 0.3 is 5.97 Å². The first-order valence-corrected chi connectivity index (χ1v) is 11.7. The zero-order valence-corrected chi connectivity index (χ0v) is 19.6. The molecule has 174 valence electrons. The second-order valence-corrected chi connectivity index (χ2v) is 8.99. The van der Waals surface area contributed by atoms with E-state index in [1.165, 1.54) is 12.8 Å². The average molecular weight is 449 g/mol. The summed E-state index contributed by atoms with van der Waals surface area (Å²) in [6, 6.07) is 9.55. The third-order valence-electron chi connectivity index (χ3n) is 6.84. The van der Waals surface area contributed by atoms with E-state index in [-0.39, 0.29) is 11.5 Å². The number of carbonyl (C=O) groups excluding carboxylic acids is 1.